The van der Waals surface area contributed by atoms with Crippen molar-refractivity contribution in [3.8, 4) is 0 Å². The number of hydrogen-bond acceptors (Lipinski definition) is 3. The van der Waals surface area contributed by atoms with Crippen LogP contribution in [0.2, 0.25) is 0 Å². The highest BCUT2D eigenvalue weighted by molar-refractivity contribution is 7.97. The molecule has 1 heterocycles. The second-order valence-electron chi connectivity index (χ2n) is 2.28. The molecule has 0 fully saturated rings. The quantitative estimate of drug-likeness (QED) is 0.651. The molecule has 0 spiro atoms. The normalized spacial score (nSPS) is 9.50. The molecule has 0 aliphatic rings. The summed E-state index contributed by atoms with van der Waals surface area (Å²) in [6.45, 7) is 1.52. The molecule has 0 unspecified atom stereocenters. The first-order valence-corrected chi connectivity index (χ1v) is 4.31. The summed E-state index contributed by atoms with van der Waals surface area (Å²) in [5.74, 6) is 0.0191. The Kier molecular flexibility index (Phi) is 3.10. The topological polar surface area (TPSA) is 33.2 Å². The van der Waals surface area contributed by atoms with Gasteiger partial charge in [0.15, 0.2) is 0 Å². The Morgan fingerprint density at radius 3 is 2.83 bits per heavy atom. The zero-order valence-electron chi connectivity index (χ0n) is 7.02. The maximum Gasteiger partial charge on any atom is 0.229 e. The number of hydrogen-bond donors (Lipinski definition) is 0. The zero-order valence-corrected chi connectivity index (χ0v) is 7.84. The molecule has 12 heavy (non-hydrogen) atoms. The van der Waals surface area contributed by atoms with E-state index in [0.29, 0.717) is 0 Å². The molecule has 1 rings (SSSR count). The van der Waals surface area contributed by atoms with Crippen LogP contribution in [0.5, 0.6) is 0 Å². The van der Waals surface area contributed by atoms with E-state index >= 15 is 0 Å². The van der Waals surface area contributed by atoms with E-state index in [4.69, 9.17) is 0 Å². The van der Waals surface area contributed by atoms with E-state index in [-0.39, 0.29) is 5.91 Å². The van der Waals surface area contributed by atoms with Crippen LogP contribution in [-0.4, -0.2) is 22.2 Å². The molecule has 0 radical (unpaired) electrons. The van der Waals surface area contributed by atoms with Crippen LogP contribution in [0.15, 0.2) is 29.4 Å². The third kappa shape index (κ3) is 2.54. The standard InChI is InChI=1S/C8H10N2OS/c1-7(11)10(2)12-8-5-3-4-6-9-8/h3-6H,1-2H3. The first-order valence-electron chi connectivity index (χ1n) is 3.53. The molecule has 3 nitrogen and oxygen atoms in total. The molecule has 0 aromatic carbocycles. The van der Waals surface area contributed by atoms with Gasteiger partial charge in [0.2, 0.25) is 5.91 Å². The first-order chi connectivity index (χ1) is 5.70. The summed E-state index contributed by atoms with van der Waals surface area (Å²) >= 11 is 1.32. The van der Waals surface area contributed by atoms with Gasteiger partial charge in [-0.3, -0.25) is 9.10 Å². The number of aromatic nitrogens is 1. The summed E-state index contributed by atoms with van der Waals surface area (Å²) < 4.78 is 1.54. The first kappa shape index (κ1) is 9.06. The van der Waals surface area contributed by atoms with Gasteiger partial charge in [-0.05, 0) is 12.1 Å². The summed E-state index contributed by atoms with van der Waals surface area (Å²) in [5.41, 5.74) is 0. The third-order valence-corrected chi connectivity index (χ3v) is 2.27. The van der Waals surface area contributed by atoms with Crippen molar-refractivity contribution in [2.24, 2.45) is 0 Å². The maximum absolute atomic E-state index is 10.8. The van der Waals surface area contributed by atoms with E-state index in [2.05, 4.69) is 4.98 Å². The monoisotopic (exact) mass is 182 g/mol. The van der Waals surface area contributed by atoms with Crippen LogP contribution in [0.4, 0.5) is 0 Å². The predicted octanol–water partition coefficient (Wildman–Crippen LogP) is 1.57. The lowest BCUT2D eigenvalue weighted by molar-refractivity contribution is -0.123. The van der Waals surface area contributed by atoms with Crippen LogP contribution < -0.4 is 0 Å². The van der Waals surface area contributed by atoms with Crippen LogP contribution in [0.25, 0.3) is 0 Å². The van der Waals surface area contributed by atoms with Crippen LogP contribution in [-0.2, 0) is 4.79 Å². The molecule has 4 heteroatoms. The molecule has 64 valence electrons. The molecular formula is C8H10N2OS. The van der Waals surface area contributed by atoms with Crippen molar-refractivity contribution in [3.63, 3.8) is 0 Å². The minimum atomic E-state index is 0.0191. The SMILES string of the molecule is CC(=O)N(C)Sc1ccccn1. The Bertz CT molecular complexity index is 263. The molecule has 0 aliphatic heterocycles. The van der Waals surface area contributed by atoms with Gasteiger partial charge >= 0.3 is 0 Å². The Morgan fingerprint density at radius 1 is 1.58 bits per heavy atom. The van der Waals surface area contributed by atoms with Crippen molar-refractivity contribution in [1.82, 2.24) is 9.29 Å². The lowest BCUT2D eigenvalue weighted by Crippen LogP contribution is -2.15. The van der Waals surface area contributed by atoms with Crippen LogP contribution in [0, 0.1) is 0 Å². The maximum atomic E-state index is 10.8. The van der Waals surface area contributed by atoms with Gasteiger partial charge in [-0.2, -0.15) is 0 Å². The number of amides is 1. The van der Waals surface area contributed by atoms with E-state index < -0.39 is 0 Å². The number of carbonyl (C=O) groups is 1. The van der Waals surface area contributed by atoms with E-state index in [9.17, 15) is 4.79 Å². The summed E-state index contributed by atoms with van der Waals surface area (Å²) in [6.07, 6.45) is 1.70. The van der Waals surface area contributed by atoms with Crippen molar-refractivity contribution in [3.05, 3.63) is 24.4 Å². The number of nitrogens with zero attached hydrogens (tertiary/aromatic N) is 2. The Hall–Kier alpha value is -1.03. The summed E-state index contributed by atoms with van der Waals surface area (Å²) in [7, 11) is 1.72. The van der Waals surface area contributed by atoms with Gasteiger partial charge in [0, 0.05) is 32.1 Å². The highest BCUT2D eigenvalue weighted by Gasteiger charge is 2.03. The van der Waals surface area contributed by atoms with Crippen molar-refractivity contribution in [1.29, 1.82) is 0 Å². The molecular weight excluding hydrogens is 172 g/mol. The largest absolute Gasteiger partial charge is 0.284 e. The second-order valence-corrected chi connectivity index (χ2v) is 3.42. The van der Waals surface area contributed by atoms with Gasteiger partial charge < -0.3 is 0 Å². The molecule has 1 aromatic rings. The number of pyridine rings is 1. The van der Waals surface area contributed by atoms with Crippen LogP contribution in [0.3, 0.4) is 0 Å². The van der Waals surface area contributed by atoms with Crippen LogP contribution >= 0.6 is 11.9 Å². The molecule has 0 aliphatic carbocycles. The third-order valence-electron chi connectivity index (χ3n) is 1.31. The van der Waals surface area contributed by atoms with E-state index in [0.717, 1.165) is 5.03 Å². The summed E-state index contributed by atoms with van der Waals surface area (Å²) in [5, 5.41) is 0.829. The van der Waals surface area contributed by atoms with Crippen molar-refractivity contribution >= 4 is 17.9 Å². The molecule has 0 N–H and O–H groups in total. The van der Waals surface area contributed by atoms with Gasteiger partial charge in [-0.25, -0.2) is 4.98 Å². The van der Waals surface area contributed by atoms with E-state index in [1.165, 1.54) is 18.9 Å². The zero-order chi connectivity index (χ0) is 8.97. The summed E-state index contributed by atoms with van der Waals surface area (Å²) in [6, 6.07) is 5.60. The van der Waals surface area contributed by atoms with Crippen molar-refractivity contribution in [2.45, 2.75) is 11.9 Å². The fourth-order valence-corrected chi connectivity index (χ4v) is 1.26. The minimum absolute atomic E-state index is 0.0191. The van der Waals surface area contributed by atoms with Gasteiger partial charge in [-0.15, -0.1) is 0 Å². The average Bonchev–Trinajstić information content (AvgIpc) is 2.06. The highest BCUT2D eigenvalue weighted by atomic mass is 32.2. The predicted molar refractivity (Wildman–Crippen MR) is 48.5 cm³/mol. The molecule has 1 amide bonds. The molecule has 1 aromatic heterocycles. The Balaban J connectivity index is 2.58. The van der Waals surface area contributed by atoms with E-state index in [1.807, 2.05) is 18.2 Å². The van der Waals surface area contributed by atoms with Gasteiger partial charge in [-0.1, -0.05) is 6.07 Å². The minimum Gasteiger partial charge on any atom is -0.284 e. The lowest BCUT2D eigenvalue weighted by atomic mass is 10.5. The van der Waals surface area contributed by atoms with E-state index in [1.54, 1.807) is 17.5 Å². The molecule has 0 saturated carbocycles. The van der Waals surface area contributed by atoms with Crippen molar-refractivity contribution in [2.75, 3.05) is 7.05 Å². The Labute approximate surface area is 75.9 Å². The second kappa shape index (κ2) is 4.11. The Morgan fingerprint density at radius 2 is 2.33 bits per heavy atom. The lowest BCUT2D eigenvalue weighted by Gasteiger charge is -2.11. The van der Waals surface area contributed by atoms with Gasteiger partial charge in [0.05, 0.1) is 0 Å². The highest BCUT2D eigenvalue weighted by Crippen LogP contribution is 2.17. The molecule has 0 atom stereocenters. The van der Waals surface area contributed by atoms with Crippen LogP contribution in [0.1, 0.15) is 6.92 Å². The number of rotatable bonds is 2. The number of carbonyl (C=O) groups excluding carboxylic acids is 1. The molecule has 0 bridgehead atoms. The smallest absolute Gasteiger partial charge is 0.229 e. The summed E-state index contributed by atoms with van der Waals surface area (Å²) in [4.78, 5) is 14.9. The van der Waals surface area contributed by atoms with Gasteiger partial charge in [0.1, 0.15) is 5.03 Å². The average molecular weight is 182 g/mol. The fraction of sp³-hybridized carbons (Fsp3) is 0.250. The molecule has 0 saturated heterocycles. The van der Waals surface area contributed by atoms with Gasteiger partial charge in [0.25, 0.3) is 0 Å². The fourth-order valence-electron chi connectivity index (χ4n) is 0.606. The van der Waals surface area contributed by atoms with Crippen molar-refractivity contribution < 1.29 is 4.79 Å².